The lowest BCUT2D eigenvalue weighted by Crippen LogP contribution is -2.19. The second kappa shape index (κ2) is 4.77. The molecule has 0 saturated carbocycles. The summed E-state index contributed by atoms with van der Waals surface area (Å²) in [4.78, 5) is 11.1. The summed E-state index contributed by atoms with van der Waals surface area (Å²) in [5.41, 5.74) is 5.13. The Morgan fingerprint density at radius 3 is 2.85 bits per heavy atom. The topological polar surface area (TPSA) is 48.0 Å². The van der Waals surface area contributed by atoms with Gasteiger partial charge < -0.3 is 10.3 Å². The highest BCUT2D eigenvalue weighted by molar-refractivity contribution is 4.96. The number of hydrogen-bond acceptors (Lipinski definition) is 2. The molecule has 0 aromatic carbocycles. The standard InChI is InChI=1S/C9H13FN2O/c10-8-3-4-9(13)12(7-8)6-2-1-5-11/h3-4,7H,1-2,5-6,11H2. The van der Waals surface area contributed by atoms with Gasteiger partial charge in [0.1, 0.15) is 5.82 Å². The molecule has 0 aliphatic carbocycles. The second-order valence-corrected chi connectivity index (χ2v) is 2.87. The average molecular weight is 184 g/mol. The summed E-state index contributed by atoms with van der Waals surface area (Å²) in [6, 6.07) is 2.40. The van der Waals surface area contributed by atoms with Crippen molar-refractivity contribution >= 4 is 0 Å². The molecule has 3 nitrogen and oxygen atoms in total. The Balaban J connectivity index is 2.65. The SMILES string of the molecule is NCCCCn1cc(F)ccc1=O. The molecular weight excluding hydrogens is 171 g/mol. The Kier molecular flexibility index (Phi) is 3.64. The molecule has 0 unspecified atom stereocenters. The van der Waals surface area contributed by atoms with Gasteiger partial charge in [0.25, 0.3) is 5.56 Å². The van der Waals surface area contributed by atoms with E-state index in [-0.39, 0.29) is 11.4 Å². The first-order valence-electron chi connectivity index (χ1n) is 4.30. The lowest BCUT2D eigenvalue weighted by atomic mass is 10.3. The first kappa shape index (κ1) is 9.92. The molecule has 13 heavy (non-hydrogen) atoms. The molecule has 0 amide bonds. The molecule has 0 aliphatic rings. The van der Waals surface area contributed by atoms with E-state index in [4.69, 9.17) is 5.73 Å². The van der Waals surface area contributed by atoms with E-state index >= 15 is 0 Å². The molecule has 4 heteroatoms. The highest BCUT2D eigenvalue weighted by atomic mass is 19.1. The quantitative estimate of drug-likeness (QED) is 0.701. The summed E-state index contributed by atoms with van der Waals surface area (Å²) >= 11 is 0. The van der Waals surface area contributed by atoms with Crippen LogP contribution in [0.4, 0.5) is 4.39 Å². The van der Waals surface area contributed by atoms with Crippen LogP contribution in [0.3, 0.4) is 0 Å². The van der Waals surface area contributed by atoms with Crippen LogP contribution < -0.4 is 11.3 Å². The maximum Gasteiger partial charge on any atom is 0.250 e. The average Bonchev–Trinajstić information content (AvgIpc) is 2.11. The highest BCUT2D eigenvalue weighted by Crippen LogP contribution is 1.95. The molecule has 1 rings (SSSR count). The third kappa shape index (κ3) is 2.99. The van der Waals surface area contributed by atoms with Crippen LogP contribution in [-0.2, 0) is 6.54 Å². The number of hydrogen-bond donors (Lipinski definition) is 1. The van der Waals surface area contributed by atoms with Gasteiger partial charge in [0.05, 0.1) is 0 Å². The largest absolute Gasteiger partial charge is 0.330 e. The van der Waals surface area contributed by atoms with E-state index in [2.05, 4.69) is 0 Å². The zero-order valence-electron chi connectivity index (χ0n) is 7.37. The number of aromatic nitrogens is 1. The minimum absolute atomic E-state index is 0.168. The molecule has 0 saturated heterocycles. The van der Waals surface area contributed by atoms with Gasteiger partial charge in [0.15, 0.2) is 0 Å². The van der Waals surface area contributed by atoms with Gasteiger partial charge in [0, 0.05) is 18.8 Å². The minimum atomic E-state index is -0.382. The van der Waals surface area contributed by atoms with Gasteiger partial charge in [-0.1, -0.05) is 0 Å². The number of aryl methyl sites for hydroxylation is 1. The fourth-order valence-electron chi connectivity index (χ4n) is 1.10. The number of halogens is 1. The predicted octanol–water partition coefficient (Wildman–Crippen LogP) is 0.726. The van der Waals surface area contributed by atoms with Gasteiger partial charge in [0.2, 0.25) is 0 Å². The maximum absolute atomic E-state index is 12.7. The predicted molar refractivity (Wildman–Crippen MR) is 48.9 cm³/mol. The maximum atomic E-state index is 12.7. The van der Waals surface area contributed by atoms with Crippen molar-refractivity contribution in [3.63, 3.8) is 0 Å². The van der Waals surface area contributed by atoms with Crippen molar-refractivity contribution in [2.24, 2.45) is 5.73 Å². The molecule has 1 heterocycles. The van der Waals surface area contributed by atoms with Crippen molar-refractivity contribution < 1.29 is 4.39 Å². The number of nitrogens with two attached hydrogens (primary N) is 1. The second-order valence-electron chi connectivity index (χ2n) is 2.87. The van der Waals surface area contributed by atoms with Crippen LogP contribution in [0.5, 0.6) is 0 Å². The normalized spacial score (nSPS) is 10.3. The zero-order valence-corrected chi connectivity index (χ0v) is 7.37. The summed E-state index contributed by atoms with van der Waals surface area (Å²) in [5, 5.41) is 0. The summed E-state index contributed by atoms with van der Waals surface area (Å²) in [6.45, 7) is 1.14. The van der Waals surface area contributed by atoms with Crippen molar-refractivity contribution in [1.29, 1.82) is 0 Å². The van der Waals surface area contributed by atoms with E-state index in [0.29, 0.717) is 13.1 Å². The van der Waals surface area contributed by atoms with E-state index in [9.17, 15) is 9.18 Å². The van der Waals surface area contributed by atoms with Crippen LogP contribution in [0.1, 0.15) is 12.8 Å². The molecule has 72 valence electrons. The van der Waals surface area contributed by atoms with Crippen molar-refractivity contribution in [2.45, 2.75) is 19.4 Å². The van der Waals surface area contributed by atoms with Crippen LogP contribution in [0.25, 0.3) is 0 Å². The fourth-order valence-corrected chi connectivity index (χ4v) is 1.10. The summed E-state index contributed by atoms with van der Waals surface area (Å²) in [7, 11) is 0. The number of nitrogens with zero attached hydrogens (tertiary/aromatic N) is 1. The Morgan fingerprint density at radius 1 is 1.38 bits per heavy atom. The Labute approximate surface area is 76.0 Å². The number of rotatable bonds is 4. The molecule has 1 aromatic rings. The zero-order chi connectivity index (χ0) is 9.68. The molecule has 2 N–H and O–H groups in total. The van der Waals surface area contributed by atoms with E-state index in [1.54, 1.807) is 0 Å². The van der Waals surface area contributed by atoms with E-state index in [0.717, 1.165) is 12.8 Å². The fraction of sp³-hybridized carbons (Fsp3) is 0.444. The van der Waals surface area contributed by atoms with Gasteiger partial charge in [-0.15, -0.1) is 0 Å². The van der Waals surface area contributed by atoms with E-state index in [1.807, 2.05) is 0 Å². The van der Waals surface area contributed by atoms with Gasteiger partial charge in [-0.2, -0.15) is 0 Å². The first-order valence-corrected chi connectivity index (χ1v) is 4.30. The smallest absolute Gasteiger partial charge is 0.250 e. The molecule has 0 spiro atoms. The van der Waals surface area contributed by atoms with Gasteiger partial charge in [-0.3, -0.25) is 4.79 Å². The van der Waals surface area contributed by atoms with E-state index < -0.39 is 0 Å². The first-order chi connectivity index (χ1) is 6.24. The van der Waals surface area contributed by atoms with Gasteiger partial charge in [-0.05, 0) is 25.5 Å². The van der Waals surface area contributed by atoms with Crippen LogP contribution in [0, 0.1) is 5.82 Å². The molecule has 0 atom stereocenters. The molecule has 0 fully saturated rings. The Bertz CT molecular complexity index is 322. The van der Waals surface area contributed by atoms with Crippen LogP contribution >= 0.6 is 0 Å². The lowest BCUT2D eigenvalue weighted by Gasteiger charge is -2.03. The molecular formula is C9H13FN2O. The van der Waals surface area contributed by atoms with E-state index in [1.165, 1.54) is 22.9 Å². The monoisotopic (exact) mass is 184 g/mol. The number of pyridine rings is 1. The van der Waals surface area contributed by atoms with Crippen LogP contribution in [0.15, 0.2) is 23.1 Å². The van der Waals surface area contributed by atoms with Gasteiger partial charge in [-0.25, -0.2) is 4.39 Å². The third-order valence-electron chi connectivity index (χ3n) is 1.80. The highest BCUT2D eigenvalue weighted by Gasteiger charge is 1.96. The minimum Gasteiger partial charge on any atom is -0.330 e. The summed E-state index contributed by atoms with van der Waals surface area (Å²) < 4.78 is 14.0. The van der Waals surface area contributed by atoms with Crippen molar-refractivity contribution in [3.8, 4) is 0 Å². The Morgan fingerprint density at radius 2 is 2.15 bits per heavy atom. The summed E-state index contributed by atoms with van der Waals surface area (Å²) in [6.07, 6.45) is 2.88. The van der Waals surface area contributed by atoms with Crippen LogP contribution in [0.2, 0.25) is 0 Å². The third-order valence-corrected chi connectivity index (χ3v) is 1.80. The number of unbranched alkanes of at least 4 members (excludes halogenated alkanes) is 1. The van der Waals surface area contributed by atoms with Crippen molar-refractivity contribution in [1.82, 2.24) is 4.57 Å². The molecule has 0 bridgehead atoms. The molecule has 1 aromatic heterocycles. The summed E-state index contributed by atoms with van der Waals surface area (Å²) in [5.74, 6) is -0.382. The molecule has 0 aliphatic heterocycles. The lowest BCUT2D eigenvalue weighted by molar-refractivity contribution is 0.556. The van der Waals surface area contributed by atoms with Crippen molar-refractivity contribution in [3.05, 3.63) is 34.5 Å². The Hall–Kier alpha value is -1.16. The molecule has 0 radical (unpaired) electrons. The van der Waals surface area contributed by atoms with Crippen LogP contribution in [-0.4, -0.2) is 11.1 Å². The van der Waals surface area contributed by atoms with Crippen molar-refractivity contribution in [2.75, 3.05) is 6.54 Å². The van der Waals surface area contributed by atoms with Gasteiger partial charge >= 0.3 is 0 Å².